The lowest BCUT2D eigenvalue weighted by Crippen LogP contribution is -2.62. The van der Waals surface area contributed by atoms with Crippen molar-refractivity contribution in [2.45, 2.75) is 26.3 Å². The molecule has 1 saturated heterocycles. The van der Waals surface area contributed by atoms with Crippen molar-refractivity contribution in [3.8, 4) is 6.01 Å². The van der Waals surface area contributed by atoms with Crippen LogP contribution in [0.3, 0.4) is 0 Å². The van der Waals surface area contributed by atoms with E-state index in [1.807, 2.05) is 6.92 Å². The van der Waals surface area contributed by atoms with Gasteiger partial charge in [-0.1, -0.05) is 0 Å². The number of amides is 1. The number of anilines is 1. The molecule has 1 N–H and O–H groups in total. The first-order valence-electron chi connectivity index (χ1n) is 6.05. The van der Waals surface area contributed by atoms with E-state index in [2.05, 4.69) is 20.3 Å². The molecule has 1 aliphatic rings. The van der Waals surface area contributed by atoms with Gasteiger partial charge in [0.15, 0.2) is 0 Å². The second kappa shape index (κ2) is 5.16. The van der Waals surface area contributed by atoms with Crippen LogP contribution in [0, 0.1) is 0 Å². The number of ether oxygens (including phenoxy) is 1. The molecule has 8 heteroatoms. The largest absolute Gasteiger partial charge is 0.464 e. The number of nitrogens with zero attached hydrogens (tertiary/aromatic N) is 4. The van der Waals surface area contributed by atoms with Gasteiger partial charge in [0.05, 0.1) is 6.61 Å². The lowest BCUT2D eigenvalue weighted by atomic mass is 10.00. The number of hydrogen-bond acceptors (Lipinski definition) is 6. The highest BCUT2D eigenvalue weighted by Gasteiger charge is 2.39. The van der Waals surface area contributed by atoms with Crippen molar-refractivity contribution < 1.29 is 9.53 Å². The lowest BCUT2D eigenvalue weighted by Gasteiger charge is -2.41. The summed E-state index contributed by atoms with van der Waals surface area (Å²) in [4.78, 5) is 25.9. The molecule has 2 heterocycles. The molecule has 0 saturated carbocycles. The van der Waals surface area contributed by atoms with Crippen molar-refractivity contribution in [3.63, 3.8) is 0 Å². The van der Waals surface area contributed by atoms with Crippen LogP contribution in [-0.2, 0) is 4.79 Å². The van der Waals surface area contributed by atoms with Crippen molar-refractivity contribution in [3.05, 3.63) is 5.28 Å². The normalized spacial score (nSPS) is 18.1. The summed E-state index contributed by atoms with van der Waals surface area (Å²) in [6.45, 7) is 7.01. The Kier molecular flexibility index (Phi) is 3.75. The number of aromatic nitrogens is 3. The number of hydrogen-bond donors (Lipinski definition) is 1. The molecule has 0 spiro atoms. The number of carbonyl (C=O) groups excluding carboxylic acids is 1. The minimum Gasteiger partial charge on any atom is -0.464 e. The van der Waals surface area contributed by atoms with Crippen molar-refractivity contribution in [1.82, 2.24) is 20.3 Å². The molecular weight excluding hydrogens is 270 g/mol. The number of carbonyl (C=O) groups is 1. The van der Waals surface area contributed by atoms with Crippen LogP contribution in [0.5, 0.6) is 6.01 Å². The third-order valence-corrected chi connectivity index (χ3v) is 3.11. The van der Waals surface area contributed by atoms with Crippen LogP contribution in [0.2, 0.25) is 5.28 Å². The fourth-order valence-electron chi connectivity index (χ4n) is 1.89. The monoisotopic (exact) mass is 285 g/mol. The van der Waals surface area contributed by atoms with Crippen LogP contribution in [0.25, 0.3) is 0 Å². The molecule has 1 aromatic rings. The summed E-state index contributed by atoms with van der Waals surface area (Å²) >= 11 is 5.87. The molecule has 1 aromatic heterocycles. The Hall–Kier alpha value is -1.63. The molecule has 0 atom stereocenters. The van der Waals surface area contributed by atoms with Crippen LogP contribution >= 0.6 is 11.6 Å². The third kappa shape index (κ3) is 2.70. The number of halogens is 1. The fourth-order valence-corrected chi connectivity index (χ4v) is 2.03. The molecule has 2 rings (SSSR count). The Morgan fingerprint density at radius 3 is 2.84 bits per heavy atom. The predicted octanol–water partition coefficient (Wildman–Crippen LogP) is 0.638. The quantitative estimate of drug-likeness (QED) is 0.878. The van der Waals surface area contributed by atoms with Crippen molar-refractivity contribution >= 4 is 23.5 Å². The standard InChI is InChI=1S/C11H16ClN5O2/c1-4-19-10-15-8(12)14-9(16-10)17-6-5-13-7(18)11(17,2)3/h4-6H2,1-3H3,(H,13,18). The van der Waals surface area contributed by atoms with Gasteiger partial charge in [-0.15, -0.1) is 0 Å². The Labute approximate surface area is 116 Å². The van der Waals surface area contributed by atoms with Gasteiger partial charge in [0.2, 0.25) is 17.1 Å². The van der Waals surface area contributed by atoms with Gasteiger partial charge >= 0.3 is 6.01 Å². The van der Waals surface area contributed by atoms with Crippen molar-refractivity contribution in [1.29, 1.82) is 0 Å². The molecule has 7 nitrogen and oxygen atoms in total. The molecular formula is C11H16ClN5O2. The molecule has 0 aromatic carbocycles. The summed E-state index contributed by atoms with van der Waals surface area (Å²) in [5.74, 6) is 0.275. The van der Waals surface area contributed by atoms with Gasteiger partial charge in [-0.3, -0.25) is 4.79 Å². The zero-order valence-electron chi connectivity index (χ0n) is 11.1. The first kappa shape index (κ1) is 13.8. The minimum atomic E-state index is -0.744. The predicted molar refractivity (Wildman–Crippen MR) is 70.4 cm³/mol. The van der Waals surface area contributed by atoms with Gasteiger partial charge in [-0.25, -0.2) is 0 Å². The van der Waals surface area contributed by atoms with Crippen LogP contribution in [-0.4, -0.2) is 46.1 Å². The van der Waals surface area contributed by atoms with E-state index < -0.39 is 5.54 Å². The first-order chi connectivity index (χ1) is 8.95. The summed E-state index contributed by atoms with van der Waals surface area (Å²) < 4.78 is 5.24. The second-order valence-electron chi connectivity index (χ2n) is 4.59. The minimum absolute atomic E-state index is 0.0511. The van der Waals surface area contributed by atoms with Crippen LogP contribution in [0.15, 0.2) is 0 Å². The molecule has 19 heavy (non-hydrogen) atoms. The van der Waals surface area contributed by atoms with Crippen LogP contribution in [0.4, 0.5) is 5.95 Å². The highest BCUT2D eigenvalue weighted by Crippen LogP contribution is 2.24. The highest BCUT2D eigenvalue weighted by atomic mass is 35.5. The number of rotatable bonds is 3. The molecule has 104 valence electrons. The SMILES string of the molecule is CCOc1nc(Cl)nc(N2CCNC(=O)C2(C)C)n1. The Bertz CT molecular complexity index is 494. The van der Waals surface area contributed by atoms with Gasteiger partial charge in [0, 0.05) is 13.1 Å². The summed E-state index contributed by atoms with van der Waals surface area (Å²) in [7, 11) is 0. The van der Waals surface area contributed by atoms with E-state index in [1.165, 1.54) is 0 Å². The van der Waals surface area contributed by atoms with E-state index in [0.29, 0.717) is 25.6 Å². The third-order valence-electron chi connectivity index (χ3n) is 2.94. The summed E-state index contributed by atoms with van der Waals surface area (Å²) in [6, 6.07) is 0.166. The van der Waals surface area contributed by atoms with Gasteiger partial charge in [0.1, 0.15) is 5.54 Å². The van der Waals surface area contributed by atoms with Gasteiger partial charge in [0.25, 0.3) is 0 Å². The van der Waals surface area contributed by atoms with E-state index in [1.54, 1.807) is 18.7 Å². The van der Waals surface area contributed by atoms with E-state index in [4.69, 9.17) is 16.3 Å². The zero-order chi connectivity index (χ0) is 14.0. The van der Waals surface area contributed by atoms with Crippen molar-refractivity contribution in [2.24, 2.45) is 0 Å². The van der Waals surface area contributed by atoms with Crippen molar-refractivity contribution in [2.75, 3.05) is 24.6 Å². The molecule has 0 radical (unpaired) electrons. The summed E-state index contributed by atoms with van der Waals surface area (Å²) in [5.41, 5.74) is -0.744. The van der Waals surface area contributed by atoms with E-state index in [9.17, 15) is 4.79 Å². The first-order valence-corrected chi connectivity index (χ1v) is 6.43. The average molecular weight is 286 g/mol. The van der Waals surface area contributed by atoms with Gasteiger partial charge in [-0.2, -0.15) is 15.0 Å². The summed E-state index contributed by atoms with van der Waals surface area (Å²) in [6.07, 6.45) is 0. The Morgan fingerprint density at radius 2 is 2.16 bits per heavy atom. The van der Waals surface area contributed by atoms with Crippen LogP contribution < -0.4 is 15.0 Å². The fraction of sp³-hybridized carbons (Fsp3) is 0.636. The molecule has 1 aliphatic heterocycles. The van der Waals surface area contributed by atoms with Gasteiger partial charge in [-0.05, 0) is 32.4 Å². The maximum atomic E-state index is 11.9. The molecule has 1 fully saturated rings. The topological polar surface area (TPSA) is 80.2 Å². The van der Waals surface area contributed by atoms with Gasteiger partial charge < -0.3 is 15.0 Å². The lowest BCUT2D eigenvalue weighted by molar-refractivity contribution is -0.126. The highest BCUT2D eigenvalue weighted by molar-refractivity contribution is 6.28. The number of nitrogens with one attached hydrogen (secondary N) is 1. The zero-order valence-corrected chi connectivity index (χ0v) is 11.9. The summed E-state index contributed by atoms with van der Waals surface area (Å²) in [5, 5.41) is 2.86. The maximum absolute atomic E-state index is 11.9. The Morgan fingerprint density at radius 1 is 1.42 bits per heavy atom. The average Bonchev–Trinajstić information content (AvgIpc) is 2.32. The van der Waals surface area contributed by atoms with E-state index in [0.717, 1.165) is 0 Å². The molecule has 1 amide bonds. The van der Waals surface area contributed by atoms with E-state index >= 15 is 0 Å². The molecule has 0 aliphatic carbocycles. The molecule has 0 unspecified atom stereocenters. The maximum Gasteiger partial charge on any atom is 0.322 e. The number of piperazine rings is 1. The Balaban J connectivity index is 2.37. The second-order valence-corrected chi connectivity index (χ2v) is 4.92. The molecule has 0 bridgehead atoms. The van der Waals surface area contributed by atoms with E-state index in [-0.39, 0.29) is 17.2 Å². The van der Waals surface area contributed by atoms with Crippen LogP contribution in [0.1, 0.15) is 20.8 Å². The smallest absolute Gasteiger partial charge is 0.322 e.